The van der Waals surface area contributed by atoms with Gasteiger partial charge in [-0.25, -0.2) is 13.2 Å². The van der Waals surface area contributed by atoms with Crippen molar-refractivity contribution in [2.75, 3.05) is 13.2 Å². The first-order chi connectivity index (χ1) is 15.6. The molecule has 0 spiro atoms. The molecule has 1 unspecified atom stereocenters. The summed E-state index contributed by atoms with van der Waals surface area (Å²) in [4.78, 5) is 17.7. The van der Waals surface area contributed by atoms with Crippen LogP contribution in [0.25, 0.3) is 0 Å². The molecule has 0 fully saturated rings. The molecule has 0 aliphatic rings. The lowest BCUT2D eigenvalue weighted by atomic mass is 10.1. The van der Waals surface area contributed by atoms with Crippen molar-refractivity contribution >= 4 is 56.6 Å². The number of amides is 1. The summed E-state index contributed by atoms with van der Waals surface area (Å²) in [6.45, 7) is 0.736. The van der Waals surface area contributed by atoms with Gasteiger partial charge in [0.05, 0.1) is 22.2 Å². The van der Waals surface area contributed by atoms with Crippen LogP contribution in [0.4, 0.5) is 13.2 Å². The highest BCUT2D eigenvalue weighted by Crippen LogP contribution is 2.36. The minimum Gasteiger partial charge on any atom is -0.489 e. The molecule has 0 aliphatic heterocycles. The first kappa shape index (κ1) is 25.6. The van der Waals surface area contributed by atoms with Gasteiger partial charge < -0.3 is 9.64 Å². The van der Waals surface area contributed by atoms with Gasteiger partial charge in [-0.15, -0.1) is 0 Å². The van der Waals surface area contributed by atoms with Crippen LogP contribution in [0.1, 0.15) is 27.8 Å². The molecule has 0 saturated heterocycles. The largest absolute Gasteiger partial charge is 0.489 e. The fourth-order valence-corrected chi connectivity index (χ4v) is 4.23. The van der Waals surface area contributed by atoms with E-state index in [2.05, 4.69) is 20.9 Å². The summed E-state index contributed by atoms with van der Waals surface area (Å²) in [5.74, 6) is -3.30. The van der Waals surface area contributed by atoms with E-state index in [1.54, 1.807) is 0 Å². The highest BCUT2D eigenvalue weighted by molar-refractivity contribution is 9.10. The first-order valence-electron chi connectivity index (χ1n) is 9.37. The van der Waals surface area contributed by atoms with Crippen LogP contribution in [0, 0.1) is 18.6 Å². The Morgan fingerprint density at radius 2 is 1.79 bits per heavy atom. The summed E-state index contributed by atoms with van der Waals surface area (Å²) in [7, 11) is 0. The average Bonchev–Trinajstić information content (AvgIpc) is 2.76. The molecule has 3 aromatic rings. The number of benzene rings is 2. The van der Waals surface area contributed by atoms with Crippen LogP contribution in [0.5, 0.6) is 5.75 Å². The Hall–Kier alpha value is -2.00. The zero-order valence-electron chi connectivity index (χ0n) is 16.9. The van der Waals surface area contributed by atoms with Crippen LogP contribution >= 0.6 is 50.7 Å². The molecule has 3 rings (SSSR count). The zero-order chi connectivity index (χ0) is 24.3. The Bertz CT molecular complexity index is 1180. The standard InChI is InChI=1S/C22H15BrCl3F3N2O2/c1-11-2-3-15(19(28)18(11)27)21(29)31(22(32)12-6-13(23)10-30-9-12)4-5-33-20-16(25)7-14(24)8-17(20)26/h2-3,6-10,21H,4-5H2,1H3. The van der Waals surface area contributed by atoms with Crippen molar-refractivity contribution in [2.24, 2.45) is 0 Å². The normalized spacial score (nSPS) is 11.9. The maximum atomic E-state index is 15.5. The third-order valence-electron chi connectivity index (χ3n) is 4.59. The monoisotopic (exact) mass is 580 g/mol. The molecule has 0 radical (unpaired) electrons. The van der Waals surface area contributed by atoms with Crippen molar-refractivity contribution in [2.45, 2.75) is 13.2 Å². The molecule has 1 atom stereocenters. The number of carbonyl (C=O) groups is 1. The van der Waals surface area contributed by atoms with Gasteiger partial charge in [0.2, 0.25) is 6.30 Å². The number of aryl methyl sites for hydroxylation is 1. The fourth-order valence-electron chi connectivity index (χ4n) is 2.94. The molecule has 0 aliphatic carbocycles. The molecule has 174 valence electrons. The van der Waals surface area contributed by atoms with Crippen molar-refractivity contribution in [3.8, 4) is 5.75 Å². The summed E-state index contributed by atoms with van der Waals surface area (Å²) >= 11 is 21.2. The van der Waals surface area contributed by atoms with Gasteiger partial charge in [0.1, 0.15) is 6.61 Å². The van der Waals surface area contributed by atoms with Crippen LogP contribution in [0.15, 0.2) is 47.2 Å². The molecule has 33 heavy (non-hydrogen) atoms. The van der Waals surface area contributed by atoms with Gasteiger partial charge >= 0.3 is 0 Å². The van der Waals surface area contributed by atoms with Crippen molar-refractivity contribution in [3.05, 3.63) is 90.6 Å². The summed E-state index contributed by atoms with van der Waals surface area (Å²) in [5.41, 5.74) is -0.590. The molecule has 4 nitrogen and oxygen atoms in total. The highest BCUT2D eigenvalue weighted by atomic mass is 79.9. The van der Waals surface area contributed by atoms with E-state index in [1.807, 2.05) is 0 Å². The first-order valence-corrected chi connectivity index (χ1v) is 11.3. The number of ether oxygens (including phenoxy) is 1. The lowest BCUT2D eigenvalue weighted by Gasteiger charge is -2.27. The Labute approximate surface area is 211 Å². The van der Waals surface area contributed by atoms with E-state index in [0.717, 1.165) is 6.07 Å². The Kier molecular flexibility index (Phi) is 8.50. The second-order valence-electron chi connectivity index (χ2n) is 6.87. The lowest BCUT2D eigenvalue weighted by molar-refractivity contribution is 0.0394. The predicted molar refractivity (Wildman–Crippen MR) is 125 cm³/mol. The number of alkyl halides is 1. The molecular formula is C22H15BrCl3F3N2O2. The fraction of sp³-hybridized carbons (Fsp3) is 0.182. The van der Waals surface area contributed by atoms with E-state index < -0.39 is 29.4 Å². The second kappa shape index (κ2) is 11.0. The van der Waals surface area contributed by atoms with Crippen LogP contribution in [0.3, 0.4) is 0 Å². The van der Waals surface area contributed by atoms with Crippen LogP contribution < -0.4 is 4.74 Å². The van der Waals surface area contributed by atoms with E-state index in [1.165, 1.54) is 43.6 Å². The minimum absolute atomic E-state index is 0.00729. The van der Waals surface area contributed by atoms with E-state index in [0.29, 0.717) is 9.37 Å². The van der Waals surface area contributed by atoms with Crippen LogP contribution in [-0.2, 0) is 0 Å². The number of rotatable bonds is 7. The van der Waals surface area contributed by atoms with Crippen LogP contribution in [-0.4, -0.2) is 28.9 Å². The minimum atomic E-state index is -2.31. The van der Waals surface area contributed by atoms with Crippen molar-refractivity contribution in [1.82, 2.24) is 9.88 Å². The van der Waals surface area contributed by atoms with Crippen molar-refractivity contribution < 1.29 is 22.7 Å². The smallest absolute Gasteiger partial charge is 0.258 e. The number of pyridine rings is 1. The summed E-state index contributed by atoms with van der Waals surface area (Å²) in [6, 6.07) is 6.56. The van der Waals surface area contributed by atoms with Crippen molar-refractivity contribution in [3.63, 3.8) is 0 Å². The molecule has 0 saturated carbocycles. The van der Waals surface area contributed by atoms with Crippen LogP contribution in [0.2, 0.25) is 15.1 Å². The maximum absolute atomic E-state index is 15.5. The predicted octanol–water partition coefficient (Wildman–Crippen LogP) is 7.58. The van der Waals surface area contributed by atoms with Gasteiger partial charge in [-0.2, -0.15) is 0 Å². The molecule has 1 aromatic heterocycles. The summed E-state index contributed by atoms with van der Waals surface area (Å²) in [6.07, 6.45) is 0.356. The molecule has 1 heterocycles. The molecule has 0 bridgehead atoms. The van der Waals surface area contributed by atoms with E-state index >= 15 is 4.39 Å². The topological polar surface area (TPSA) is 42.4 Å². The quantitative estimate of drug-likeness (QED) is 0.270. The second-order valence-corrected chi connectivity index (χ2v) is 9.04. The highest BCUT2D eigenvalue weighted by Gasteiger charge is 2.30. The number of hydrogen-bond donors (Lipinski definition) is 0. The van der Waals surface area contributed by atoms with Gasteiger partial charge in [-0.3, -0.25) is 9.78 Å². The van der Waals surface area contributed by atoms with Gasteiger partial charge in [-0.05, 0) is 46.6 Å². The summed E-state index contributed by atoms with van der Waals surface area (Å²) in [5, 5.41) is 0.520. The SMILES string of the molecule is Cc1ccc(C(F)N(CCOc2c(Cl)cc(Cl)cc2Cl)C(=O)c2cncc(Br)c2)c(F)c1F. The van der Waals surface area contributed by atoms with Crippen molar-refractivity contribution in [1.29, 1.82) is 0 Å². The zero-order valence-corrected chi connectivity index (χ0v) is 20.7. The lowest BCUT2D eigenvalue weighted by Crippen LogP contribution is -2.37. The Morgan fingerprint density at radius 3 is 2.42 bits per heavy atom. The number of aromatic nitrogens is 1. The number of hydrogen-bond acceptors (Lipinski definition) is 3. The summed E-state index contributed by atoms with van der Waals surface area (Å²) < 4.78 is 50.1. The molecule has 11 heteroatoms. The number of halogens is 7. The van der Waals surface area contributed by atoms with Gasteiger partial charge in [0, 0.05) is 27.5 Å². The van der Waals surface area contributed by atoms with Gasteiger partial charge in [-0.1, -0.05) is 46.9 Å². The van der Waals surface area contributed by atoms with Gasteiger partial charge in [0.15, 0.2) is 17.4 Å². The van der Waals surface area contributed by atoms with Gasteiger partial charge in [0.25, 0.3) is 5.91 Å². The molecule has 1 amide bonds. The number of carbonyl (C=O) groups excluding carboxylic acids is 1. The third kappa shape index (κ3) is 5.93. The average molecular weight is 583 g/mol. The molecule has 0 N–H and O–H groups in total. The molecular weight excluding hydrogens is 568 g/mol. The Morgan fingerprint density at radius 1 is 1.12 bits per heavy atom. The molecule has 2 aromatic carbocycles. The van der Waals surface area contributed by atoms with E-state index in [-0.39, 0.29) is 45.1 Å². The van der Waals surface area contributed by atoms with E-state index in [9.17, 15) is 13.6 Å². The van der Waals surface area contributed by atoms with E-state index in [4.69, 9.17) is 39.5 Å². The third-order valence-corrected chi connectivity index (χ3v) is 5.80. The number of nitrogens with zero attached hydrogens (tertiary/aromatic N) is 2. The maximum Gasteiger partial charge on any atom is 0.258 e. The Balaban J connectivity index is 1.90.